The summed E-state index contributed by atoms with van der Waals surface area (Å²) in [6, 6.07) is 15.0. The van der Waals surface area contributed by atoms with Gasteiger partial charge in [-0.3, -0.25) is 19.9 Å². The van der Waals surface area contributed by atoms with E-state index in [1.807, 2.05) is 18.0 Å². The number of nitro groups is 1. The largest absolute Gasteiger partial charge is 0.497 e. The highest BCUT2D eigenvalue weighted by Crippen LogP contribution is 2.41. The van der Waals surface area contributed by atoms with Crippen LogP contribution in [-0.2, 0) is 0 Å². The average Bonchev–Trinajstić information content (AvgIpc) is 3.44. The maximum absolute atomic E-state index is 13.1. The van der Waals surface area contributed by atoms with Crippen molar-refractivity contribution in [1.29, 1.82) is 0 Å². The lowest BCUT2D eigenvalue weighted by Crippen LogP contribution is -2.35. The van der Waals surface area contributed by atoms with E-state index in [1.165, 1.54) is 13.2 Å². The first-order valence-corrected chi connectivity index (χ1v) is 14.4. The van der Waals surface area contributed by atoms with E-state index in [0.29, 0.717) is 53.6 Å². The summed E-state index contributed by atoms with van der Waals surface area (Å²) in [6.07, 6.45) is 5.24. The van der Waals surface area contributed by atoms with E-state index < -0.39 is 4.92 Å². The molecule has 226 valence electrons. The van der Waals surface area contributed by atoms with Gasteiger partial charge in [-0.2, -0.15) is 0 Å². The highest BCUT2D eigenvalue weighted by molar-refractivity contribution is 6.03. The number of benzene rings is 3. The second-order valence-electron chi connectivity index (χ2n) is 10.3. The predicted molar refractivity (Wildman–Crippen MR) is 161 cm³/mol. The highest BCUT2D eigenvalue weighted by Gasteiger charge is 2.32. The normalized spacial score (nSPS) is 16.1. The van der Waals surface area contributed by atoms with Gasteiger partial charge in [-0.05, 0) is 61.7 Å². The van der Waals surface area contributed by atoms with Gasteiger partial charge < -0.3 is 28.6 Å². The van der Waals surface area contributed by atoms with Crippen molar-refractivity contribution in [1.82, 2.24) is 4.90 Å². The van der Waals surface area contributed by atoms with Crippen LogP contribution in [0.3, 0.4) is 0 Å². The van der Waals surface area contributed by atoms with Crippen molar-refractivity contribution >= 4 is 23.5 Å². The average molecular weight is 590 g/mol. The topological polar surface area (TPSA) is 122 Å². The Morgan fingerprint density at radius 2 is 1.77 bits per heavy atom. The third kappa shape index (κ3) is 6.66. The molecule has 0 aliphatic carbocycles. The first-order valence-electron chi connectivity index (χ1n) is 14.4. The zero-order chi connectivity index (χ0) is 30.3. The first-order chi connectivity index (χ1) is 20.9. The number of hydrogen-bond acceptors (Lipinski definition) is 9. The summed E-state index contributed by atoms with van der Waals surface area (Å²) in [5.74, 6) is 2.11. The van der Waals surface area contributed by atoms with E-state index in [9.17, 15) is 14.9 Å². The fourth-order valence-corrected chi connectivity index (χ4v) is 5.31. The Kier molecular flexibility index (Phi) is 9.29. The zero-order valence-corrected chi connectivity index (χ0v) is 24.5. The van der Waals surface area contributed by atoms with E-state index >= 15 is 0 Å². The summed E-state index contributed by atoms with van der Waals surface area (Å²) < 4.78 is 28.9. The van der Waals surface area contributed by atoms with E-state index in [2.05, 4.69) is 4.99 Å². The molecule has 2 atom stereocenters. The molecule has 2 aliphatic heterocycles. The monoisotopic (exact) mass is 589 g/mol. The number of fused-ring (bicyclic) bond motifs is 2. The lowest BCUT2D eigenvalue weighted by molar-refractivity contribution is -0.386. The second-order valence-corrected chi connectivity index (χ2v) is 10.3. The lowest BCUT2D eigenvalue weighted by atomic mass is 10.1. The van der Waals surface area contributed by atoms with Crippen molar-refractivity contribution < 1.29 is 33.4 Å². The Labute approximate surface area is 250 Å². The van der Waals surface area contributed by atoms with E-state index in [1.54, 1.807) is 55.6 Å². The van der Waals surface area contributed by atoms with Gasteiger partial charge in [-0.25, -0.2) is 0 Å². The van der Waals surface area contributed by atoms with Crippen LogP contribution < -0.4 is 23.7 Å². The standard InChI is InChI=1S/C32H35N3O8/c1-4-7-23(42-27-9-5-10-28(31(27)35(37)38)43-24-13-11-22(39-2)12-14-24)15-17-41-30-19-26-25(18-29(30)40-3)32(36)34-16-6-8-21(34)20-33-26/h5,9-14,18-21,23H,4,6-8,15-17H2,1-3H3/t21-,23?/m0/s1. The molecule has 1 unspecified atom stereocenters. The number of nitro benzene ring substituents is 1. The van der Waals surface area contributed by atoms with Gasteiger partial charge in [0.2, 0.25) is 11.5 Å². The molecular formula is C32H35N3O8. The van der Waals surface area contributed by atoms with Crippen LogP contribution in [0.4, 0.5) is 11.4 Å². The molecule has 11 heteroatoms. The molecule has 1 saturated heterocycles. The smallest absolute Gasteiger partial charge is 0.352 e. The molecule has 1 fully saturated rings. The molecule has 43 heavy (non-hydrogen) atoms. The molecule has 3 aromatic carbocycles. The Hall–Kier alpha value is -4.80. The van der Waals surface area contributed by atoms with E-state index in [-0.39, 0.29) is 41.8 Å². The minimum Gasteiger partial charge on any atom is -0.497 e. The van der Waals surface area contributed by atoms with Crippen LogP contribution in [-0.4, -0.2) is 61.5 Å². The summed E-state index contributed by atoms with van der Waals surface area (Å²) in [5, 5.41) is 12.1. The molecule has 11 nitrogen and oxygen atoms in total. The zero-order valence-electron chi connectivity index (χ0n) is 24.5. The van der Waals surface area contributed by atoms with Gasteiger partial charge in [0, 0.05) is 25.2 Å². The van der Waals surface area contributed by atoms with Crippen molar-refractivity contribution in [3.05, 3.63) is 70.3 Å². The van der Waals surface area contributed by atoms with Crippen LogP contribution in [0.25, 0.3) is 0 Å². The van der Waals surface area contributed by atoms with Gasteiger partial charge in [0.25, 0.3) is 5.91 Å². The summed E-state index contributed by atoms with van der Waals surface area (Å²) in [5.41, 5.74) is 0.776. The minimum absolute atomic E-state index is 0.00591. The van der Waals surface area contributed by atoms with E-state index in [4.69, 9.17) is 23.7 Å². The van der Waals surface area contributed by atoms with Crippen molar-refractivity contribution in [2.24, 2.45) is 4.99 Å². The number of nitrogens with zero attached hydrogens (tertiary/aromatic N) is 3. The van der Waals surface area contributed by atoms with Crippen LogP contribution in [0.15, 0.2) is 59.6 Å². The van der Waals surface area contributed by atoms with Crippen LogP contribution in [0, 0.1) is 10.1 Å². The van der Waals surface area contributed by atoms with E-state index in [0.717, 1.165) is 19.3 Å². The van der Waals surface area contributed by atoms with Crippen molar-refractivity contribution in [2.45, 2.75) is 51.2 Å². The Morgan fingerprint density at radius 3 is 2.49 bits per heavy atom. The number of aliphatic imine (C=N–C) groups is 1. The SMILES string of the molecule is CCCC(CCOc1cc2c(cc1OC)C(=O)N1CCC[C@H]1C=N2)Oc1cccc(Oc2ccc(OC)cc2)c1[N+](=O)[O-]. The van der Waals surface area contributed by atoms with Gasteiger partial charge >= 0.3 is 5.69 Å². The summed E-state index contributed by atoms with van der Waals surface area (Å²) in [4.78, 5) is 31.2. The Bertz CT molecular complexity index is 1490. The van der Waals surface area contributed by atoms with Gasteiger partial charge in [0.15, 0.2) is 11.5 Å². The lowest BCUT2D eigenvalue weighted by Gasteiger charge is -2.21. The predicted octanol–water partition coefficient (Wildman–Crippen LogP) is 6.74. The molecule has 3 aromatic rings. The minimum atomic E-state index is -0.499. The molecule has 0 N–H and O–H groups in total. The van der Waals surface area contributed by atoms with Crippen molar-refractivity contribution in [2.75, 3.05) is 27.4 Å². The molecule has 2 heterocycles. The number of rotatable bonds is 13. The van der Waals surface area contributed by atoms with Crippen LogP contribution in [0.5, 0.6) is 34.5 Å². The second kappa shape index (κ2) is 13.5. The quantitative estimate of drug-likeness (QED) is 0.159. The van der Waals surface area contributed by atoms with Crippen LogP contribution >= 0.6 is 0 Å². The fraction of sp³-hybridized carbons (Fsp3) is 0.375. The molecule has 5 rings (SSSR count). The van der Waals surface area contributed by atoms with Crippen molar-refractivity contribution in [3.63, 3.8) is 0 Å². The third-order valence-electron chi connectivity index (χ3n) is 7.49. The third-order valence-corrected chi connectivity index (χ3v) is 7.49. The molecule has 0 saturated carbocycles. The molecule has 0 spiro atoms. The molecule has 0 aromatic heterocycles. The van der Waals surface area contributed by atoms with Crippen LogP contribution in [0.2, 0.25) is 0 Å². The summed E-state index contributed by atoms with van der Waals surface area (Å²) in [7, 11) is 3.09. The number of carbonyl (C=O) groups is 1. The molecule has 2 aliphatic rings. The summed E-state index contributed by atoms with van der Waals surface area (Å²) >= 11 is 0. The molecule has 1 amide bonds. The van der Waals surface area contributed by atoms with Gasteiger partial charge in [0.05, 0.1) is 43.0 Å². The van der Waals surface area contributed by atoms with Gasteiger partial charge in [-0.15, -0.1) is 0 Å². The molecule has 0 radical (unpaired) electrons. The fourth-order valence-electron chi connectivity index (χ4n) is 5.31. The molecular weight excluding hydrogens is 554 g/mol. The Balaban J connectivity index is 1.30. The number of para-hydroxylation sites is 1. The van der Waals surface area contributed by atoms with Crippen molar-refractivity contribution in [3.8, 4) is 34.5 Å². The number of ether oxygens (including phenoxy) is 5. The highest BCUT2D eigenvalue weighted by atomic mass is 16.6. The number of amides is 1. The number of hydrogen-bond donors (Lipinski definition) is 0. The molecule has 0 bridgehead atoms. The number of carbonyl (C=O) groups excluding carboxylic acids is 1. The summed E-state index contributed by atoms with van der Waals surface area (Å²) in [6.45, 7) is 2.98. The first kappa shape index (κ1) is 29.7. The van der Waals surface area contributed by atoms with Gasteiger partial charge in [0.1, 0.15) is 17.6 Å². The van der Waals surface area contributed by atoms with Gasteiger partial charge in [-0.1, -0.05) is 19.4 Å². The number of methoxy groups -OCH3 is 2. The Morgan fingerprint density at radius 1 is 1.00 bits per heavy atom. The van der Waals surface area contributed by atoms with Crippen LogP contribution in [0.1, 0.15) is 49.4 Å². The maximum atomic E-state index is 13.1. The maximum Gasteiger partial charge on any atom is 0.352 e.